The van der Waals surface area contributed by atoms with E-state index in [0.717, 1.165) is 29.1 Å². The third-order valence-electron chi connectivity index (χ3n) is 6.32. The first-order valence-corrected chi connectivity index (χ1v) is 15.2. The van der Waals surface area contributed by atoms with E-state index in [1.54, 1.807) is 39.1 Å². The molecule has 3 N–H and O–H groups in total. The Bertz CT molecular complexity index is 1360. The van der Waals surface area contributed by atoms with Crippen LogP contribution in [-0.2, 0) is 14.8 Å². The highest BCUT2D eigenvalue weighted by molar-refractivity contribution is 7.89. The lowest BCUT2D eigenvalue weighted by molar-refractivity contribution is 0.128. The molecule has 2 aromatic carbocycles. The highest BCUT2D eigenvalue weighted by Crippen LogP contribution is 2.37. The summed E-state index contributed by atoms with van der Waals surface area (Å²) >= 11 is 1.41. The van der Waals surface area contributed by atoms with Gasteiger partial charge in [-0.1, -0.05) is 25.3 Å². The van der Waals surface area contributed by atoms with Crippen molar-refractivity contribution in [2.75, 3.05) is 24.3 Å². The Morgan fingerprint density at radius 2 is 1.74 bits per heavy atom. The summed E-state index contributed by atoms with van der Waals surface area (Å²) in [5.74, 6) is 0.388. The van der Waals surface area contributed by atoms with Crippen LogP contribution in [0.25, 0.3) is 21.0 Å². The quantitative estimate of drug-likeness (QED) is 0.284. The third-order valence-corrected chi connectivity index (χ3v) is 9.20. The van der Waals surface area contributed by atoms with Crippen molar-refractivity contribution in [2.24, 2.45) is 5.92 Å². The number of nitrogens with zero attached hydrogens (tertiary/aromatic N) is 1. The highest BCUT2D eigenvalue weighted by Gasteiger charge is 2.27. The van der Waals surface area contributed by atoms with E-state index < -0.39 is 21.7 Å². The average Bonchev–Trinajstić information content (AvgIpc) is 3.37. The third kappa shape index (κ3) is 7.33. The molecule has 8 nitrogen and oxygen atoms in total. The van der Waals surface area contributed by atoms with Gasteiger partial charge in [-0.15, -0.1) is 11.3 Å². The number of hydrogen-bond acceptors (Lipinski definition) is 7. The number of hydrogen-bond donors (Lipinski definition) is 3. The van der Waals surface area contributed by atoms with Gasteiger partial charge in [0.15, 0.2) is 0 Å². The van der Waals surface area contributed by atoms with E-state index in [0.29, 0.717) is 28.7 Å². The second kappa shape index (κ2) is 11.8. The lowest BCUT2D eigenvalue weighted by Crippen LogP contribution is -2.40. The number of carbonyl (C=O) groups is 1. The Labute approximate surface area is 229 Å². The van der Waals surface area contributed by atoms with Crippen molar-refractivity contribution in [2.45, 2.75) is 63.3 Å². The number of benzene rings is 2. The Morgan fingerprint density at radius 1 is 1.05 bits per heavy atom. The fourth-order valence-corrected chi connectivity index (χ4v) is 7.19. The van der Waals surface area contributed by atoms with E-state index in [2.05, 4.69) is 20.3 Å². The molecular weight excluding hydrogens is 520 g/mol. The van der Waals surface area contributed by atoms with Crippen molar-refractivity contribution in [3.63, 3.8) is 0 Å². The van der Waals surface area contributed by atoms with Crippen LogP contribution in [0.4, 0.5) is 16.2 Å². The van der Waals surface area contributed by atoms with Crippen LogP contribution >= 0.6 is 11.3 Å². The number of ether oxygens (including phenoxy) is 1. The van der Waals surface area contributed by atoms with Gasteiger partial charge in [-0.3, -0.25) is 5.32 Å². The number of sulfonamides is 1. The maximum Gasteiger partial charge on any atom is 0.411 e. The van der Waals surface area contributed by atoms with Gasteiger partial charge in [0.25, 0.3) is 0 Å². The summed E-state index contributed by atoms with van der Waals surface area (Å²) in [7, 11) is -2.06. The van der Waals surface area contributed by atoms with E-state index in [4.69, 9.17) is 4.74 Å². The molecule has 1 aliphatic carbocycles. The highest BCUT2D eigenvalue weighted by atomic mass is 32.2. The van der Waals surface area contributed by atoms with Crippen LogP contribution in [-0.4, -0.2) is 38.7 Å². The second-order valence-electron chi connectivity index (χ2n) is 10.7. The van der Waals surface area contributed by atoms with E-state index in [1.807, 2.05) is 31.3 Å². The van der Waals surface area contributed by atoms with Crippen molar-refractivity contribution in [3.8, 4) is 21.0 Å². The first-order chi connectivity index (χ1) is 18.0. The fraction of sp³-hybridized carbons (Fsp3) is 0.429. The monoisotopic (exact) mass is 556 g/mol. The molecule has 3 aromatic rings. The summed E-state index contributed by atoms with van der Waals surface area (Å²) in [5, 5.41) is 6.58. The zero-order valence-corrected chi connectivity index (χ0v) is 24.0. The van der Waals surface area contributed by atoms with Gasteiger partial charge in [0, 0.05) is 41.3 Å². The van der Waals surface area contributed by atoms with E-state index >= 15 is 0 Å². The number of nitrogens with one attached hydrogen (secondary N) is 3. The zero-order chi connectivity index (χ0) is 27.3. The van der Waals surface area contributed by atoms with Gasteiger partial charge in [-0.05, 0) is 75.9 Å². The molecule has 0 radical (unpaired) electrons. The molecule has 0 unspecified atom stereocenters. The molecule has 0 spiro atoms. The molecule has 10 heteroatoms. The molecule has 4 rings (SSSR count). The largest absolute Gasteiger partial charge is 0.449 e. The Morgan fingerprint density at radius 3 is 2.39 bits per heavy atom. The number of anilines is 2. The normalized spacial score (nSPS) is 14.7. The van der Waals surface area contributed by atoms with Crippen molar-refractivity contribution in [1.82, 2.24) is 9.71 Å². The predicted octanol–water partition coefficient (Wildman–Crippen LogP) is 6.72. The first-order valence-electron chi connectivity index (χ1n) is 12.9. The summed E-state index contributed by atoms with van der Waals surface area (Å²) in [5.41, 5.74) is 2.11. The molecule has 1 heterocycles. The molecule has 1 fully saturated rings. The summed E-state index contributed by atoms with van der Waals surface area (Å²) in [6, 6.07) is 12.7. The Kier molecular flexibility index (Phi) is 8.74. The number of rotatable bonds is 8. The minimum absolute atomic E-state index is 0.0678. The Hall–Kier alpha value is -2.95. The number of aromatic nitrogens is 1. The summed E-state index contributed by atoms with van der Waals surface area (Å²) in [4.78, 5) is 17.8. The zero-order valence-electron chi connectivity index (χ0n) is 22.3. The lowest BCUT2D eigenvalue weighted by Gasteiger charge is -2.22. The number of amides is 1. The molecule has 1 saturated carbocycles. The van der Waals surface area contributed by atoms with Crippen LogP contribution in [0, 0.1) is 5.92 Å². The van der Waals surface area contributed by atoms with Gasteiger partial charge in [0.1, 0.15) is 5.01 Å². The van der Waals surface area contributed by atoms with Gasteiger partial charge in [-0.2, -0.15) is 0 Å². The van der Waals surface area contributed by atoms with Crippen molar-refractivity contribution >= 4 is 38.8 Å². The minimum atomic E-state index is -3.92. The van der Waals surface area contributed by atoms with E-state index in [1.165, 1.54) is 36.7 Å². The lowest BCUT2D eigenvalue weighted by atomic mass is 9.90. The molecule has 1 aromatic heterocycles. The molecule has 1 amide bonds. The van der Waals surface area contributed by atoms with Gasteiger partial charge >= 0.3 is 6.09 Å². The molecule has 0 bridgehead atoms. The maximum atomic E-state index is 13.5. The van der Waals surface area contributed by atoms with Gasteiger partial charge in [0.05, 0.1) is 16.4 Å². The fourth-order valence-electron chi connectivity index (χ4n) is 4.50. The van der Waals surface area contributed by atoms with Crippen LogP contribution < -0.4 is 15.4 Å². The summed E-state index contributed by atoms with van der Waals surface area (Å²) < 4.78 is 35.1. The van der Waals surface area contributed by atoms with Crippen LogP contribution in [0.3, 0.4) is 0 Å². The molecule has 1 aliphatic rings. The van der Waals surface area contributed by atoms with Crippen LogP contribution in [0.5, 0.6) is 0 Å². The van der Waals surface area contributed by atoms with E-state index in [9.17, 15) is 13.2 Å². The van der Waals surface area contributed by atoms with Gasteiger partial charge in [0.2, 0.25) is 10.0 Å². The van der Waals surface area contributed by atoms with Gasteiger partial charge < -0.3 is 10.1 Å². The summed E-state index contributed by atoms with van der Waals surface area (Å²) in [6.45, 7) is 5.73. The maximum absolute atomic E-state index is 13.5. The standard InChI is InChI=1S/C28H36N4O4S2/c1-28(2,3)32-38(34,35)25-16-22(31-27(33)36-18-19-8-6-5-7-9-19)14-15-23(25)24-17-30-26(37-24)20-10-12-21(29-4)13-11-20/h10-17,19,29,32H,5-9,18H2,1-4H3,(H,31,33). The SMILES string of the molecule is CNc1ccc(-c2ncc(-c3ccc(NC(=O)OCC4CCCCC4)cc3S(=O)(=O)NC(C)(C)C)s2)cc1. The van der Waals surface area contributed by atoms with Crippen LogP contribution in [0.2, 0.25) is 0 Å². The predicted molar refractivity (Wildman–Crippen MR) is 154 cm³/mol. The smallest absolute Gasteiger partial charge is 0.411 e. The van der Waals surface area contributed by atoms with Crippen molar-refractivity contribution < 1.29 is 17.9 Å². The van der Waals surface area contributed by atoms with Crippen molar-refractivity contribution in [1.29, 1.82) is 0 Å². The molecule has 0 atom stereocenters. The minimum Gasteiger partial charge on any atom is -0.449 e. The number of thiazole rings is 1. The molecule has 204 valence electrons. The topological polar surface area (TPSA) is 109 Å². The summed E-state index contributed by atoms with van der Waals surface area (Å²) in [6.07, 6.45) is 6.81. The first kappa shape index (κ1) is 28.1. The second-order valence-corrected chi connectivity index (χ2v) is 13.3. The molecule has 0 saturated heterocycles. The molecular formula is C28H36N4O4S2. The van der Waals surface area contributed by atoms with Gasteiger partial charge in [-0.25, -0.2) is 22.9 Å². The average molecular weight is 557 g/mol. The Balaban J connectivity index is 1.61. The van der Waals surface area contributed by atoms with E-state index in [-0.39, 0.29) is 4.90 Å². The van der Waals surface area contributed by atoms with Crippen molar-refractivity contribution in [3.05, 3.63) is 48.7 Å². The van der Waals surface area contributed by atoms with Crippen LogP contribution in [0.15, 0.2) is 53.6 Å². The number of carbonyl (C=O) groups excluding carboxylic acids is 1. The molecule has 0 aliphatic heterocycles. The molecule has 38 heavy (non-hydrogen) atoms. The van der Waals surface area contributed by atoms with Crippen LogP contribution in [0.1, 0.15) is 52.9 Å².